The summed E-state index contributed by atoms with van der Waals surface area (Å²) in [5.74, 6) is 0. The van der Waals surface area contributed by atoms with Crippen molar-refractivity contribution in [2.45, 2.75) is 0 Å². The Bertz CT molecular complexity index is 32.7. The molecule has 0 saturated carbocycles. The molecule has 0 aromatic carbocycles. The van der Waals surface area contributed by atoms with Crippen LogP contribution in [0.25, 0.3) is 0 Å². The van der Waals surface area contributed by atoms with Gasteiger partial charge in [0.15, 0.2) is 0 Å². The molecule has 0 unspecified atom stereocenters. The molecule has 0 aromatic rings. The molecule has 0 aliphatic heterocycles. The predicted octanol–water partition coefficient (Wildman–Crippen LogP) is -3.00. The van der Waals surface area contributed by atoms with E-state index in [1.165, 1.54) is 0 Å². The van der Waals surface area contributed by atoms with Gasteiger partial charge in [-0.1, -0.05) is 0 Å². The number of rotatable bonds is 0. The van der Waals surface area contributed by atoms with Crippen LogP contribution in [0.15, 0.2) is 0 Å². The van der Waals surface area contributed by atoms with Crippen LogP contribution >= 0.6 is 0 Å². The summed E-state index contributed by atoms with van der Waals surface area (Å²) in [6, 6.07) is 0. The largest absolute Gasteiger partial charge is 2.00 e. The zero-order valence-electron chi connectivity index (χ0n) is 2.74. The smallest absolute Gasteiger partial charge is 2.00 e. The van der Waals surface area contributed by atoms with Crippen LogP contribution in [0.4, 0.5) is 0 Å². The van der Waals surface area contributed by atoms with E-state index in [9.17, 15) is 0 Å². The first kappa shape index (κ1) is 25.5. The Morgan fingerprint density at radius 1 is 1.14 bits per heavy atom. The average molecular weight is 219 g/mol. The van der Waals surface area contributed by atoms with E-state index in [2.05, 4.69) is 0 Å². The van der Waals surface area contributed by atoms with Gasteiger partial charge in [0.1, 0.15) is 0 Å². The molecule has 0 spiro atoms. The van der Waals surface area contributed by atoms with Gasteiger partial charge in [0.05, 0.1) is 0 Å². The Morgan fingerprint density at radius 2 is 1.14 bits per heavy atom. The van der Waals surface area contributed by atoms with E-state index in [0.29, 0.717) is 0 Å². The molecule has 0 aliphatic carbocycles. The fourth-order valence-corrected chi connectivity index (χ4v) is 0. The van der Waals surface area contributed by atoms with Gasteiger partial charge >= 0.3 is 34.1 Å². The van der Waals surface area contributed by atoms with Crippen molar-refractivity contribution in [2.75, 3.05) is 0 Å². The van der Waals surface area contributed by atoms with Crippen molar-refractivity contribution >= 4 is 9.17 Å². The molecular weight excluding hydrogens is 219 g/mol. The van der Waals surface area contributed by atoms with E-state index < -0.39 is 9.17 Å². The molecule has 7 heavy (non-hydrogen) atoms. The van der Waals surface area contributed by atoms with Gasteiger partial charge in [-0.05, 0) is 0 Å². The summed E-state index contributed by atoms with van der Waals surface area (Å²) in [7, 11) is -3.63. The van der Waals surface area contributed by atoms with Crippen LogP contribution in [-0.4, -0.2) is 9.17 Å². The summed E-state index contributed by atoms with van der Waals surface area (Å²) in [5, 5.41) is 0. The minimum atomic E-state index is -3.63. The minimum absolute atomic E-state index is 0. The third-order valence-corrected chi connectivity index (χ3v) is 0. The van der Waals surface area contributed by atoms with Gasteiger partial charge in [0, 0.05) is 9.17 Å². The maximum atomic E-state index is 8.52. The van der Waals surface area contributed by atoms with E-state index in [1.54, 1.807) is 0 Å². The number of hydrogen-bond acceptors (Lipinski definition) is 3. The first-order chi connectivity index (χ1) is 1.73. The zero-order chi connectivity index (χ0) is 3.58. The second-order valence-corrected chi connectivity index (χ2v) is 0.750. The summed E-state index contributed by atoms with van der Waals surface area (Å²) < 4.78 is 8.52. The molecule has 50 valence electrons. The summed E-state index contributed by atoms with van der Waals surface area (Å²) in [6.45, 7) is 0. The normalized spacial score (nSPS) is 3.43. The third kappa shape index (κ3) is 372. The van der Waals surface area contributed by atoms with E-state index >= 15 is 0 Å². The van der Waals surface area contributed by atoms with Gasteiger partial charge in [0.2, 0.25) is 0 Å². The second-order valence-electron chi connectivity index (χ2n) is 0.250. The Labute approximate surface area is 63.1 Å². The fraction of sp³-hybridized carbons (Fsp3) is 0. The van der Waals surface area contributed by atoms with E-state index in [0.717, 1.165) is 0 Å². The van der Waals surface area contributed by atoms with Gasteiger partial charge in [-0.2, -0.15) is 0 Å². The summed E-state index contributed by atoms with van der Waals surface area (Å²) >= 11 is 0. The molecule has 0 N–H and O–H groups in total. The van der Waals surface area contributed by atoms with Crippen LogP contribution in [0.5, 0.6) is 0 Å². The molecule has 7 heteroatoms. The van der Waals surface area contributed by atoms with Crippen molar-refractivity contribution in [3.63, 3.8) is 0 Å². The monoisotopic (exact) mass is 218 g/mol. The topological polar surface area (TPSA) is 91.7 Å². The standard InChI is InChI=1S/2Cu.O3Si.O/c;;1-4(2)3;/q2*+2;2*-2. The van der Waals surface area contributed by atoms with Crippen LogP contribution in [0.1, 0.15) is 0 Å². The van der Waals surface area contributed by atoms with E-state index in [-0.39, 0.29) is 39.6 Å². The van der Waals surface area contributed by atoms with Gasteiger partial charge < -0.3 is 19.5 Å². The number of hydrogen-bond donors (Lipinski definition) is 0. The molecule has 0 saturated heterocycles. The van der Waals surface area contributed by atoms with Gasteiger partial charge in [-0.25, -0.2) is 0 Å². The van der Waals surface area contributed by atoms with Gasteiger partial charge in [0.25, 0.3) is 0 Å². The minimum Gasteiger partial charge on any atom is -2.00 e. The molecule has 0 amide bonds. The predicted molar refractivity (Wildman–Crippen MR) is 7.13 cm³/mol. The Hall–Kier alpha value is 0.616. The SMILES string of the molecule is O=[Si]([O-])[O-].[Cu+2].[Cu+2].[O-2]. The van der Waals surface area contributed by atoms with E-state index in [4.69, 9.17) is 14.1 Å². The maximum absolute atomic E-state index is 8.52. The molecule has 0 aliphatic rings. The summed E-state index contributed by atoms with van der Waals surface area (Å²) in [5.41, 5.74) is 0. The Balaban J connectivity index is -0.0000000150. The Morgan fingerprint density at radius 3 is 1.14 bits per heavy atom. The van der Waals surface area contributed by atoms with Crippen LogP contribution in [-0.2, 0) is 44.1 Å². The quantitative estimate of drug-likeness (QED) is 0.406. The molecule has 0 atom stereocenters. The van der Waals surface area contributed by atoms with E-state index in [1.807, 2.05) is 0 Å². The summed E-state index contributed by atoms with van der Waals surface area (Å²) in [6.07, 6.45) is 0. The molecule has 0 heterocycles. The van der Waals surface area contributed by atoms with Crippen molar-refractivity contribution in [3.8, 4) is 0 Å². The maximum Gasteiger partial charge on any atom is 2.00 e. The second kappa shape index (κ2) is 16.0. The van der Waals surface area contributed by atoms with Crippen LogP contribution < -0.4 is 9.59 Å². The van der Waals surface area contributed by atoms with Crippen LogP contribution in [0.3, 0.4) is 0 Å². The summed E-state index contributed by atoms with van der Waals surface area (Å²) in [4.78, 5) is 17.0. The molecule has 0 rings (SSSR count). The van der Waals surface area contributed by atoms with Crippen LogP contribution in [0.2, 0.25) is 0 Å². The molecule has 2 radical (unpaired) electrons. The Kier molecular flexibility index (Phi) is 58.1. The average Bonchev–Trinajstić information content (AvgIpc) is 0.811. The van der Waals surface area contributed by atoms with Crippen molar-refractivity contribution in [3.05, 3.63) is 0 Å². The van der Waals surface area contributed by atoms with Crippen molar-refractivity contribution in [2.24, 2.45) is 0 Å². The molecular formula is Cu2O4Si. The van der Waals surface area contributed by atoms with Crippen molar-refractivity contribution in [1.82, 2.24) is 0 Å². The van der Waals surface area contributed by atoms with Crippen molar-refractivity contribution in [1.29, 1.82) is 0 Å². The van der Waals surface area contributed by atoms with Crippen LogP contribution in [0, 0.1) is 0 Å². The third-order valence-electron chi connectivity index (χ3n) is 0. The molecule has 4 nitrogen and oxygen atoms in total. The van der Waals surface area contributed by atoms with Gasteiger partial charge in [-0.3, -0.25) is 0 Å². The first-order valence-corrected chi connectivity index (χ1v) is 1.84. The van der Waals surface area contributed by atoms with Gasteiger partial charge in [-0.15, -0.1) is 0 Å². The molecule has 0 fully saturated rings. The molecule has 0 aromatic heterocycles. The zero-order valence-corrected chi connectivity index (χ0v) is 5.62. The fourth-order valence-electron chi connectivity index (χ4n) is 0. The first-order valence-electron chi connectivity index (χ1n) is 0.612. The molecule has 0 bridgehead atoms. The van der Waals surface area contributed by atoms with Crippen molar-refractivity contribution < 1.29 is 53.7 Å².